The van der Waals surface area contributed by atoms with Crippen LogP contribution in [0.1, 0.15) is 19.3 Å². The zero-order valence-electron chi connectivity index (χ0n) is 8.61. The Kier molecular flexibility index (Phi) is 2.87. The lowest BCUT2D eigenvalue weighted by atomic mass is 10.2. The van der Waals surface area contributed by atoms with E-state index in [0.717, 1.165) is 26.1 Å². The van der Waals surface area contributed by atoms with Crippen molar-refractivity contribution in [1.29, 1.82) is 0 Å². The highest BCUT2D eigenvalue weighted by molar-refractivity contribution is 5.87. The Balaban J connectivity index is 2.01. The third-order valence-corrected chi connectivity index (χ3v) is 3.29. The monoisotopic (exact) mass is 194 g/mol. The molecular weight excluding hydrogens is 176 g/mol. The first-order valence-electron chi connectivity index (χ1n) is 5.46. The fraction of sp³-hybridized carbons (Fsp3) is 0.727. The van der Waals surface area contributed by atoms with Gasteiger partial charge in [-0.15, -0.1) is 0 Å². The van der Waals surface area contributed by atoms with Crippen LogP contribution in [-0.4, -0.2) is 47.9 Å². The molecule has 78 valence electrons. The maximum atomic E-state index is 11.5. The summed E-state index contributed by atoms with van der Waals surface area (Å²) in [6.07, 6.45) is 5.09. The topological polar surface area (TPSA) is 23.6 Å². The van der Waals surface area contributed by atoms with Crippen LogP contribution in [-0.2, 0) is 4.79 Å². The molecule has 0 saturated carbocycles. The molecule has 1 unspecified atom stereocenters. The molecule has 0 N–H and O–H groups in total. The molecule has 2 aliphatic rings. The van der Waals surface area contributed by atoms with E-state index in [0.29, 0.717) is 6.04 Å². The normalized spacial score (nSPS) is 28.3. The van der Waals surface area contributed by atoms with Crippen LogP contribution in [0.25, 0.3) is 0 Å². The van der Waals surface area contributed by atoms with Crippen LogP contribution in [0.15, 0.2) is 12.7 Å². The van der Waals surface area contributed by atoms with E-state index in [2.05, 4.69) is 11.5 Å². The molecule has 1 amide bonds. The second-order valence-electron chi connectivity index (χ2n) is 4.17. The minimum Gasteiger partial charge on any atom is -0.338 e. The third-order valence-electron chi connectivity index (χ3n) is 3.29. The molecule has 0 aromatic heterocycles. The number of rotatable bonds is 1. The lowest BCUT2D eigenvalue weighted by molar-refractivity contribution is -0.126. The van der Waals surface area contributed by atoms with Gasteiger partial charge in [-0.3, -0.25) is 9.69 Å². The van der Waals surface area contributed by atoms with Gasteiger partial charge in [0.15, 0.2) is 0 Å². The Bertz CT molecular complexity index is 239. The van der Waals surface area contributed by atoms with Crippen LogP contribution in [0.3, 0.4) is 0 Å². The predicted molar refractivity (Wildman–Crippen MR) is 56.0 cm³/mol. The minimum absolute atomic E-state index is 0.0961. The Hall–Kier alpha value is -0.830. The van der Waals surface area contributed by atoms with Crippen LogP contribution in [0, 0.1) is 0 Å². The largest absolute Gasteiger partial charge is 0.338 e. The molecule has 2 aliphatic heterocycles. The number of amides is 1. The summed E-state index contributed by atoms with van der Waals surface area (Å²) in [7, 11) is 0. The van der Waals surface area contributed by atoms with Gasteiger partial charge in [0.25, 0.3) is 0 Å². The minimum atomic E-state index is 0.0961. The van der Waals surface area contributed by atoms with Gasteiger partial charge in [0.2, 0.25) is 5.91 Å². The second-order valence-corrected chi connectivity index (χ2v) is 4.17. The van der Waals surface area contributed by atoms with E-state index in [1.54, 1.807) is 0 Å². The summed E-state index contributed by atoms with van der Waals surface area (Å²) < 4.78 is 0. The quantitative estimate of drug-likeness (QED) is 0.578. The number of hydrogen-bond donors (Lipinski definition) is 0. The summed E-state index contributed by atoms with van der Waals surface area (Å²) >= 11 is 0. The van der Waals surface area contributed by atoms with Gasteiger partial charge in [-0.05, 0) is 31.9 Å². The van der Waals surface area contributed by atoms with Gasteiger partial charge in [0, 0.05) is 25.7 Å². The molecule has 2 rings (SSSR count). The molecule has 0 aliphatic carbocycles. The molecule has 1 atom stereocenters. The van der Waals surface area contributed by atoms with Gasteiger partial charge in [0.1, 0.15) is 0 Å². The number of fused-ring (bicyclic) bond motifs is 1. The zero-order chi connectivity index (χ0) is 9.97. The van der Waals surface area contributed by atoms with Gasteiger partial charge in [0.05, 0.1) is 0 Å². The maximum absolute atomic E-state index is 11.5. The molecule has 0 aromatic carbocycles. The van der Waals surface area contributed by atoms with Crippen LogP contribution < -0.4 is 0 Å². The summed E-state index contributed by atoms with van der Waals surface area (Å²) in [6.45, 7) is 7.74. The summed E-state index contributed by atoms with van der Waals surface area (Å²) in [4.78, 5) is 16.0. The van der Waals surface area contributed by atoms with Crippen molar-refractivity contribution in [2.75, 3.05) is 26.2 Å². The van der Waals surface area contributed by atoms with E-state index in [-0.39, 0.29) is 5.91 Å². The summed E-state index contributed by atoms with van der Waals surface area (Å²) in [5.74, 6) is 0.0961. The molecule has 0 aromatic rings. The molecule has 0 bridgehead atoms. The average molecular weight is 194 g/mol. The molecule has 3 heteroatoms. The Labute approximate surface area is 85.4 Å². The van der Waals surface area contributed by atoms with Crippen molar-refractivity contribution in [1.82, 2.24) is 9.80 Å². The maximum Gasteiger partial charge on any atom is 0.246 e. The SMILES string of the molecule is C=CC(=O)N1CCCN2CCCC2C1. The first kappa shape index (κ1) is 9.71. The number of nitrogens with zero attached hydrogens (tertiary/aromatic N) is 2. The van der Waals surface area contributed by atoms with E-state index in [1.807, 2.05) is 4.90 Å². The van der Waals surface area contributed by atoms with Crippen molar-refractivity contribution < 1.29 is 4.79 Å². The van der Waals surface area contributed by atoms with E-state index < -0.39 is 0 Å². The fourth-order valence-corrected chi connectivity index (χ4v) is 2.54. The van der Waals surface area contributed by atoms with Crippen molar-refractivity contribution in [2.45, 2.75) is 25.3 Å². The van der Waals surface area contributed by atoms with Crippen molar-refractivity contribution in [3.8, 4) is 0 Å². The third kappa shape index (κ3) is 1.82. The van der Waals surface area contributed by atoms with Gasteiger partial charge in [-0.2, -0.15) is 0 Å². The molecule has 2 heterocycles. The lowest BCUT2D eigenvalue weighted by Crippen LogP contribution is -2.38. The van der Waals surface area contributed by atoms with Crippen molar-refractivity contribution >= 4 is 5.91 Å². The molecular formula is C11H18N2O. The molecule has 0 spiro atoms. The molecule has 0 radical (unpaired) electrons. The Morgan fingerprint density at radius 2 is 2.07 bits per heavy atom. The van der Waals surface area contributed by atoms with Crippen molar-refractivity contribution in [2.24, 2.45) is 0 Å². The first-order chi connectivity index (χ1) is 6.81. The van der Waals surface area contributed by atoms with Crippen LogP contribution in [0.5, 0.6) is 0 Å². The van der Waals surface area contributed by atoms with Gasteiger partial charge < -0.3 is 4.90 Å². The average Bonchev–Trinajstić information content (AvgIpc) is 2.54. The Morgan fingerprint density at radius 3 is 2.86 bits per heavy atom. The van der Waals surface area contributed by atoms with Crippen LogP contribution >= 0.6 is 0 Å². The van der Waals surface area contributed by atoms with E-state index >= 15 is 0 Å². The van der Waals surface area contributed by atoms with Gasteiger partial charge in [-0.25, -0.2) is 0 Å². The fourth-order valence-electron chi connectivity index (χ4n) is 2.54. The van der Waals surface area contributed by atoms with E-state index in [4.69, 9.17) is 0 Å². The highest BCUT2D eigenvalue weighted by Gasteiger charge is 2.29. The summed E-state index contributed by atoms with van der Waals surface area (Å²) in [5, 5.41) is 0. The van der Waals surface area contributed by atoms with E-state index in [9.17, 15) is 4.79 Å². The second kappa shape index (κ2) is 4.13. The summed E-state index contributed by atoms with van der Waals surface area (Å²) in [5.41, 5.74) is 0. The van der Waals surface area contributed by atoms with Gasteiger partial charge in [-0.1, -0.05) is 6.58 Å². The standard InChI is InChI=1S/C11H18N2O/c1-2-11(14)13-8-4-7-12-6-3-5-10(12)9-13/h2,10H,1,3-9H2. The highest BCUT2D eigenvalue weighted by Crippen LogP contribution is 2.21. The first-order valence-corrected chi connectivity index (χ1v) is 5.46. The molecule has 14 heavy (non-hydrogen) atoms. The number of hydrogen-bond acceptors (Lipinski definition) is 2. The van der Waals surface area contributed by atoms with Crippen molar-refractivity contribution in [3.63, 3.8) is 0 Å². The van der Waals surface area contributed by atoms with Crippen molar-refractivity contribution in [3.05, 3.63) is 12.7 Å². The predicted octanol–water partition coefficient (Wildman–Crippen LogP) is 0.869. The number of carbonyl (C=O) groups excluding carboxylic acids is 1. The van der Waals surface area contributed by atoms with Crippen LogP contribution in [0.2, 0.25) is 0 Å². The molecule has 3 nitrogen and oxygen atoms in total. The lowest BCUT2D eigenvalue weighted by Gasteiger charge is -2.24. The molecule has 2 saturated heterocycles. The highest BCUT2D eigenvalue weighted by atomic mass is 16.2. The zero-order valence-corrected chi connectivity index (χ0v) is 8.61. The number of carbonyl (C=O) groups is 1. The van der Waals surface area contributed by atoms with Gasteiger partial charge >= 0.3 is 0 Å². The summed E-state index contributed by atoms with van der Waals surface area (Å²) in [6, 6.07) is 0.612. The van der Waals surface area contributed by atoms with E-state index in [1.165, 1.54) is 25.5 Å². The smallest absolute Gasteiger partial charge is 0.246 e. The molecule has 2 fully saturated rings. The van der Waals surface area contributed by atoms with Crippen LogP contribution in [0.4, 0.5) is 0 Å². The Morgan fingerprint density at radius 1 is 1.29 bits per heavy atom.